The summed E-state index contributed by atoms with van der Waals surface area (Å²) in [7, 11) is 0. The molecule has 3 nitrogen and oxygen atoms in total. The fourth-order valence-corrected chi connectivity index (χ4v) is 2.50. The van der Waals surface area contributed by atoms with Crippen molar-refractivity contribution in [3.05, 3.63) is 29.8 Å². The molecule has 0 aliphatic carbocycles. The van der Waals surface area contributed by atoms with Crippen molar-refractivity contribution in [3.63, 3.8) is 0 Å². The van der Waals surface area contributed by atoms with Gasteiger partial charge in [0.25, 0.3) is 0 Å². The SMILES string of the molecule is C#CCN1CCC(Nc2ccc(CCO)cc2)CC1. The average molecular weight is 258 g/mol. The van der Waals surface area contributed by atoms with Gasteiger partial charge in [0.1, 0.15) is 0 Å². The summed E-state index contributed by atoms with van der Waals surface area (Å²) in [4.78, 5) is 2.32. The maximum absolute atomic E-state index is 8.88. The summed E-state index contributed by atoms with van der Waals surface area (Å²) in [5, 5.41) is 12.5. The third kappa shape index (κ3) is 4.27. The highest BCUT2D eigenvalue weighted by Crippen LogP contribution is 2.17. The standard InChI is InChI=1S/C16H22N2O/c1-2-10-18-11-7-16(8-12-18)17-15-5-3-14(4-6-15)9-13-19/h1,3-6,16-17,19H,7-13H2. The van der Waals surface area contributed by atoms with E-state index in [1.807, 2.05) is 0 Å². The molecule has 1 aliphatic rings. The average Bonchev–Trinajstić information content (AvgIpc) is 2.44. The van der Waals surface area contributed by atoms with Crippen LogP contribution in [0, 0.1) is 12.3 Å². The number of aliphatic hydroxyl groups is 1. The van der Waals surface area contributed by atoms with Gasteiger partial charge in [-0.15, -0.1) is 6.42 Å². The van der Waals surface area contributed by atoms with E-state index in [4.69, 9.17) is 11.5 Å². The molecule has 0 unspecified atom stereocenters. The molecule has 0 atom stereocenters. The van der Waals surface area contributed by atoms with Gasteiger partial charge < -0.3 is 10.4 Å². The highest BCUT2D eigenvalue weighted by atomic mass is 16.2. The van der Waals surface area contributed by atoms with Crippen molar-refractivity contribution in [2.75, 3.05) is 31.6 Å². The lowest BCUT2D eigenvalue weighted by Crippen LogP contribution is -2.39. The van der Waals surface area contributed by atoms with Crippen LogP contribution in [0.2, 0.25) is 0 Å². The molecule has 0 radical (unpaired) electrons. The summed E-state index contributed by atoms with van der Waals surface area (Å²) in [6.45, 7) is 3.12. The molecule has 19 heavy (non-hydrogen) atoms. The molecule has 1 saturated heterocycles. The van der Waals surface area contributed by atoms with Crippen molar-refractivity contribution in [1.29, 1.82) is 0 Å². The highest BCUT2D eigenvalue weighted by molar-refractivity contribution is 5.45. The number of nitrogens with one attached hydrogen (secondary N) is 1. The van der Waals surface area contributed by atoms with Crippen molar-refractivity contribution < 1.29 is 5.11 Å². The topological polar surface area (TPSA) is 35.5 Å². The van der Waals surface area contributed by atoms with E-state index in [1.165, 1.54) is 5.56 Å². The van der Waals surface area contributed by atoms with E-state index >= 15 is 0 Å². The van der Waals surface area contributed by atoms with Gasteiger partial charge in [0.15, 0.2) is 0 Å². The van der Waals surface area contributed by atoms with E-state index in [1.54, 1.807) is 0 Å². The molecule has 3 heteroatoms. The minimum Gasteiger partial charge on any atom is -0.396 e. The van der Waals surface area contributed by atoms with Crippen molar-refractivity contribution in [2.24, 2.45) is 0 Å². The van der Waals surface area contributed by atoms with Gasteiger partial charge in [-0.25, -0.2) is 0 Å². The molecule has 1 aliphatic heterocycles. The Hall–Kier alpha value is -1.50. The van der Waals surface area contributed by atoms with Gasteiger partial charge in [-0.2, -0.15) is 0 Å². The molecule has 1 heterocycles. The highest BCUT2D eigenvalue weighted by Gasteiger charge is 2.17. The number of nitrogens with zero attached hydrogens (tertiary/aromatic N) is 1. The van der Waals surface area contributed by atoms with Crippen LogP contribution < -0.4 is 5.32 Å². The monoisotopic (exact) mass is 258 g/mol. The quantitative estimate of drug-likeness (QED) is 0.790. The summed E-state index contributed by atoms with van der Waals surface area (Å²) in [5.74, 6) is 2.71. The summed E-state index contributed by atoms with van der Waals surface area (Å²) >= 11 is 0. The number of terminal acetylenes is 1. The van der Waals surface area contributed by atoms with Gasteiger partial charge in [-0.3, -0.25) is 4.90 Å². The van der Waals surface area contributed by atoms with Gasteiger partial charge in [0.05, 0.1) is 6.54 Å². The van der Waals surface area contributed by atoms with Crippen LogP contribution in [0.3, 0.4) is 0 Å². The second-order valence-electron chi connectivity index (χ2n) is 5.07. The van der Waals surface area contributed by atoms with E-state index in [2.05, 4.69) is 40.4 Å². The fourth-order valence-electron chi connectivity index (χ4n) is 2.50. The van der Waals surface area contributed by atoms with Crippen molar-refractivity contribution in [3.8, 4) is 12.3 Å². The number of hydrogen-bond donors (Lipinski definition) is 2. The number of likely N-dealkylation sites (tertiary alicyclic amines) is 1. The van der Waals surface area contributed by atoms with Crippen LogP contribution >= 0.6 is 0 Å². The van der Waals surface area contributed by atoms with Gasteiger partial charge in [0, 0.05) is 31.4 Å². The Morgan fingerprint density at radius 3 is 2.53 bits per heavy atom. The van der Waals surface area contributed by atoms with Crippen molar-refractivity contribution in [2.45, 2.75) is 25.3 Å². The molecule has 102 valence electrons. The summed E-state index contributed by atoms with van der Waals surface area (Å²) < 4.78 is 0. The zero-order chi connectivity index (χ0) is 13.5. The smallest absolute Gasteiger partial charge is 0.0598 e. The van der Waals surface area contributed by atoms with E-state index in [9.17, 15) is 0 Å². The lowest BCUT2D eigenvalue weighted by Gasteiger charge is -2.31. The Kier molecular flexibility index (Phi) is 5.26. The molecule has 0 saturated carbocycles. The van der Waals surface area contributed by atoms with E-state index in [0.717, 1.165) is 44.6 Å². The normalized spacial score (nSPS) is 17.1. The summed E-state index contributed by atoms with van der Waals surface area (Å²) in [6, 6.07) is 8.88. The van der Waals surface area contributed by atoms with Crippen LogP contribution in [0.5, 0.6) is 0 Å². The Morgan fingerprint density at radius 2 is 1.95 bits per heavy atom. The largest absolute Gasteiger partial charge is 0.396 e. The number of aliphatic hydroxyl groups excluding tert-OH is 1. The molecule has 0 aromatic heterocycles. The Bertz CT molecular complexity index is 413. The first-order valence-electron chi connectivity index (χ1n) is 6.94. The van der Waals surface area contributed by atoms with Crippen molar-refractivity contribution in [1.82, 2.24) is 4.90 Å². The first-order chi connectivity index (χ1) is 9.31. The molecule has 0 amide bonds. The second kappa shape index (κ2) is 7.18. The molecule has 1 fully saturated rings. The van der Waals surface area contributed by atoms with Gasteiger partial charge in [0.2, 0.25) is 0 Å². The summed E-state index contributed by atoms with van der Waals surface area (Å²) in [6.07, 6.45) is 8.34. The van der Waals surface area contributed by atoms with Crippen LogP contribution in [-0.2, 0) is 6.42 Å². The van der Waals surface area contributed by atoms with Crippen LogP contribution in [0.25, 0.3) is 0 Å². The Labute approximate surface area is 115 Å². The first kappa shape index (κ1) is 13.9. The minimum atomic E-state index is 0.209. The van der Waals surface area contributed by atoms with Crippen LogP contribution in [0.4, 0.5) is 5.69 Å². The molecule has 2 N–H and O–H groups in total. The second-order valence-corrected chi connectivity index (χ2v) is 5.07. The lowest BCUT2D eigenvalue weighted by molar-refractivity contribution is 0.243. The molecule has 0 bridgehead atoms. The van der Waals surface area contributed by atoms with Gasteiger partial charge in [-0.05, 0) is 37.0 Å². The molecule has 1 aromatic rings. The van der Waals surface area contributed by atoms with Gasteiger partial charge in [-0.1, -0.05) is 18.1 Å². The molecule has 0 spiro atoms. The third-order valence-corrected chi connectivity index (χ3v) is 3.63. The fraction of sp³-hybridized carbons (Fsp3) is 0.500. The maximum Gasteiger partial charge on any atom is 0.0598 e. The lowest BCUT2D eigenvalue weighted by atomic mass is 10.0. The minimum absolute atomic E-state index is 0.209. The molecular weight excluding hydrogens is 236 g/mol. The maximum atomic E-state index is 8.88. The number of piperidine rings is 1. The van der Waals surface area contributed by atoms with E-state index < -0.39 is 0 Å². The van der Waals surface area contributed by atoms with Crippen LogP contribution in [0.15, 0.2) is 24.3 Å². The number of hydrogen-bond acceptors (Lipinski definition) is 3. The Morgan fingerprint density at radius 1 is 1.26 bits per heavy atom. The zero-order valence-corrected chi connectivity index (χ0v) is 11.3. The molecule has 1 aromatic carbocycles. The molecule has 2 rings (SSSR count). The predicted molar refractivity (Wildman–Crippen MR) is 79.1 cm³/mol. The number of anilines is 1. The Balaban J connectivity index is 1.80. The zero-order valence-electron chi connectivity index (χ0n) is 11.3. The third-order valence-electron chi connectivity index (χ3n) is 3.63. The van der Waals surface area contributed by atoms with Gasteiger partial charge >= 0.3 is 0 Å². The molecular formula is C16H22N2O. The van der Waals surface area contributed by atoms with E-state index in [-0.39, 0.29) is 6.61 Å². The summed E-state index contributed by atoms with van der Waals surface area (Å²) in [5.41, 5.74) is 2.34. The van der Waals surface area contributed by atoms with Crippen LogP contribution in [-0.4, -0.2) is 42.3 Å². The first-order valence-corrected chi connectivity index (χ1v) is 6.94. The van der Waals surface area contributed by atoms with Crippen molar-refractivity contribution >= 4 is 5.69 Å². The number of rotatable bonds is 5. The van der Waals surface area contributed by atoms with Crippen LogP contribution in [0.1, 0.15) is 18.4 Å². The number of benzene rings is 1. The predicted octanol–water partition coefficient (Wildman–Crippen LogP) is 1.73. The van der Waals surface area contributed by atoms with E-state index in [0.29, 0.717) is 6.04 Å².